The molecule has 22 heavy (non-hydrogen) atoms. The Morgan fingerprint density at radius 1 is 1.36 bits per heavy atom. The number of oxazole rings is 1. The van der Waals surface area contributed by atoms with Crippen molar-refractivity contribution in [3.63, 3.8) is 0 Å². The van der Waals surface area contributed by atoms with E-state index in [9.17, 15) is 0 Å². The Balaban J connectivity index is 1.66. The van der Waals surface area contributed by atoms with E-state index >= 15 is 0 Å². The van der Waals surface area contributed by atoms with Gasteiger partial charge in [0.1, 0.15) is 6.26 Å². The molecular formula is C17H22ClN3O. The van der Waals surface area contributed by atoms with Crippen LogP contribution in [0.3, 0.4) is 0 Å². The quantitative estimate of drug-likeness (QED) is 0.935. The van der Waals surface area contributed by atoms with E-state index in [2.05, 4.69) is 22.2 Å². The molecule has 0 spiro atoms. The largest absolute Gasteiger partial charge is 0.444 e. The predicted molar refractivity (Wildman–Crippen MR) is 88.9 cm³/mol. The van der Waals surface area contributed by atoms with E-state index in [0.29, 0.717) is 17.0 Å². The summed E-state index contributed by atoms with van der Waals surface area (Å²) in [6.07, 6.45) is 5.42. The molecule has 1 aromatic heterocycles. The highest BCUT2D eigenvalue weighted by atomic mass is 35.5. The van der Waals surface area contributed by atoms with Crippen molar-refractivity contribution in [1.82, 2.24) is 15.2 Å². The molecule has 2 heterocycles. The van der Waals surface area contributed by atoms with Gasteiger partial charge < -0.3 is 9.73 Å². The van der Waals surface area contributed by atoms with Gasteiger partial charge in [-0.05, 0) is 57.6 Å². The van der Waals surface area contributed by atoms with Gasteiger partial charge in [0.05, 0.1) is 5.69 Å². The first-order chi connectivity index (χ1) is 10.7. The van der Waals surface area contributed by atoms with Crippen LogP contribution >= 0.6 is 11.6 Å². The van der Waals surface area contributed by atoms with Crippen molar-refractivity contribution in [2.75, 3.05) is 20.1 Å². The Morgan fingerprint density at radius 3 is 3.14 bits per heavy atom. The monoisotopic (exact) mass is 319 g/mol. The van der Waals surface area contributed by atoms with Gasteiger partial charge in [0, 0.05) is 23.2 Å². The molecule has 0 amide bonds. The van der Waals surface area contributed by atoms with Gasteiger partial charge in [0.15, 0.2) is 0 Å². The molecule has 1 N–H and O–H groups in total. The lowest BCUT2D eigenvalue weighted by atomic mass is 10.1. The van der Waals surface area contributed by atoms with Gasteiger partial charge in [-0.2, -0.15) is 0 Å². The molecule has 1 aliphatic heterocycles. The molecular weight excluding hydrogens is 298 g/mol. The fourth-order valence-corrected chi connectivity index (χ4v) is 3.15. The lowest BCUT2D eigenvalue weighted by molar-refractivity contribution is 0.214. The molecule has 2 aromatic rings. The van der Waals surface area contributed by atoms with Crippen LogP contribution in [0.5, 0.6) is 0 Å². The van der Waals surface area contributed by atoms with Crippen LogP contribution in [0.2, 0.25) is 5.02 Å². The number of aromatic nitrogens is 1. The fourth-order valence-electron chi connectivity index (χ4n) is 2.96. The standard InChI is InChI=1S/C17H22ClN3O/c1-21(16-6-3-8-19-9-7-16)11-15-12-22-17(20-15)13-4-2-5-14(18)10-13/h2,4-5,10,12,16,19H,3,6-9,11H2,1H3. The first-order valence-electron chi connectivity index (χ1n) is 7.83. The maximum Gasteiger partial charge on any atom is 0.226 e. The van der Waals surface area contributed by atoms with Gasteiger partial charge >= 0.3 is 0 Å². The van der Waals surface area contributed by atoms with E-state index in [1.54, 1.807) is 6.26 Å². The number of rotatable bonds is 4. The van der Waals surface area contributed by atoms with Crippen molar-refractivity contribution in [1.29, 1.82) is 0 Å². The number of benzene rings is 1. The zero-order valence-electron chi connectivity index (χ0n) is 12.9. The second-order valence-electron chi connectivity index (χ2n) is 5.90. The van der Waals surface area contributed by atoms with Crippen molar-refractivity contribution in [2.24, 2.45) is 0 Å². The molecule has 1 unspecified atom stereocenters. The summed E-state index contributed by atoms with van der Waals surface area (Å²) in [4.78, 5) is 6.98. The number of nitrogens with zero attached hydrogens (tertiary/aromatic N) is 2. The summed E-state index contributed by atoms with van der Waals surface area (Å²) in [6, 6.07) is 8.20. The molecule has 0 bridgehead atoms. The van der Waals surface area contributed by atoms with Crippen molar-refractivity contribution in [2.45, 2.75) is 31.8 Å². The first-order valence-corrected chi connectivity index (χ1v) is 8.21. The lowest BCUT2D eigenvalue weighted by Crippen LogP contribution is -2.32. The van der Waals surface area contributed by atoms with Gasteiger partial charge in [-0.3, -0.25) is 4.90 Å². The summed E-state index contributed by atoms with van der Waals surface area (Å²) in [6.45, 7) is 3.05. The highest BCUT2D eigenvalue weighted by Crippen LogP contribution is 2.23. The number of halogens is 1. The number of hydrogen-bond acceptors (Lipinski definition) is 4. The molecule has 1 fully saturated rings. The number of hydrogen-bond donors (Lipinski definition) is 1. The summed E-state index contributed by atoms with van der Waals surface area (Å²) in [7, 11) is 2.17. The van der Waals surface area contributed by atoms with Crippen molar-refractivity contribution in [3.8, 4) is 11.5 Å². The minimum Gasteiger partial charge on any atom is -0.444 e. The normalized spacial score (nSPS) is 19.3. The topological polar surface area (TPSA) is 41.3 Å². The zero-order chi connectivity index (χ0) is 15.4. The van der Waals surface area contributed by atoms with E-state index < -0.39 is 0 Å². The van der Waals surface area contributed by atoms with Crippen molar-refractivity contribution in [3.05, 3.63) is 41.2 Å². The highest BCUT2D eigenvalue weighted by molar-refractivity contribution is 6.30. The summed E-state index contributed by atoms with van der Waals surface area (Å²) in [5.41, 5.74) is 1.88. The molecule has 0 aliphatic carbocycles. The van der Waals surface area contributed by atoms with Gasteiger partial charge in [-0.25, -0.2) is 4.98 Å². The van der Waals surface area contributed by atoms with Crippen LogP contribution in [-0.2, 0) is 6.54 Å². The summed E-state index contributed by atoms with van der Waals surface area (Å²) >= 11 is 6.02. The average molecular weight is 320 g/mol. The molecule has 0 radical (unpaired) electrons. The van der Waals surface area contributed by atoms with Crippen LogP contribution in [-0.4, -0.2) is 36.1 Å². The SMILES string of the molecule is CN(Cc1coc(-c2cccc(Cl)c2)n1)C1CCCNCC1. The predicted octanol–water partition coefficient (Wildman–Crippen LogP) is 3.57. The number of nitrogens with one attached hydrogen (secondary N) is 1. The van der Waals surface area contributed by atoms with E-state index in [0.717, 1.165) is 30.9 Å². The third-order valence-corrected chi connectivity index (χ3v) is 4.44. The molecule has 3 rings (SSSR count). The maximum atomic E-state index is 6.02. The minimum atomic E-state index is 0.612. The van der Waals surface area contributed by atoms with Crippen LogP contribution in [0, 0.1) is 0 Å². The van der Waals surface area contributed by atoms with Crippen molar-refractivity contribution < 1.29 is 4.42 Å². The highest BCUT2D eigenvalue weighted by Gasteiger charge is 2.18. The summed E-state index contributed by atoms with van der Waals surface area (Å²) in [5, 5.41) is 4.15. The van der Waals surface area contributed by atoms with Gasteiger partial charge in [0.25, 0.3) is 0 Å². The molecule has 1 atom stereocenters. The van der Waals surface area contributed by atoms with Gasteiger partial charge in [-0.1, -0.05) is 17.7 Å². The van der Waals surface area contributed by atoms with Crippen LogP contribution in [0.1, 0.15) is 25.0 Å². The summed E-state index contributed by atoms with van der Waals surface area (Å²) in [5.74, 6) is 0.633. The first kappa shape index (κ1) is 15.5. The fraction of sp³-hybridized carbons (Fsp3) is 0.471. The minimum absolute atomic E-state index is 0.612. The second kappa shape index (κ2) is 7.27. The van der Waals surface area contributed by atoms with E-state index in [-0.39, 0.29) is 0 Å². The zero-order valence-corrected chi connectivity index (χ0v) is 13.6. The molecule has 1 aromatic carbocycles. The Hall–Kier alpha value is -1.36. The Bertz CT molecular complexity index is 605. The lowest BCUT2D eigenvalue weighted by Gasteiger charge is -2.25. The third kappa shape index (κ3) is 3.88. The molecule has 4 nitrogen and oxygen atoms in total. The van der Waals surface area contributed by atoms with Crippen LogP contribution in [0.4, 0.5) is 0 Å². The maximum absolute atomic E-state index is 6.02. The smallest absolute Gasteiger partial charge is 0.226 e. The average Bonchev–Trinajstić information content (AvgIpc) is 2.80. The van der Waals surface area contributed by atoms with E-state index in [1.807, 2.05) is 24.3 Å². The molecule has 1 aliphatic rings. The van der Waals surface area contributed by atoms with Gasteiger partial charge in [-0.15, -0.1) is 0 Å². The van der Waals surface area contributed by atoms with E-state index in [4.69, 9.17) is 16.0 Å². The molecule has 118 valence electrons. The second-order valence-corrected chi connectivity index (χ2v) is 6.34. The summed E-state index contributed by atoms with van der Waals surface area (Å²) < 4.78 is 5.61. The van der Waals surface area contributed by atoms with Gasteiger partial charge in [0.2, 0.25) is 5.89 Å². The molecule has 5 heteroatoms. The van der Waals surface area contributed by atoms with Crippen molar-refractivity contribution >= 4 is 11.6 Å². The van der Waals surface area contributed by atoms with Crippen LogP contribution in [0.15, 0.2) is 34.9 Å². The Kier molecular flexibility index (Phi) is 5.13. The van der Waals surface area contributed by atoms with Crippen LogP contribution in [0.25, 0.3) is 11.5 Å². The Morgan fingerprint density at radius 2 is 2.27 bits per heavy atom. The third-order valence-electron chi connectivity index (χ3n) is 4.20. The molecule has 0 saturated carbocycles. The van der Waals surface area contributed by atoms with E-state index in [1.165, 1.54) is 19.3 Å². The Labute approximate surface area is 136 Å². The molecule has 1 saturated heterocycles. The van der Waals surface area contributed by atoms with Crippen LogP contribution < -0.4 is 5.32 Å².